The highest BCUT2D eigenvalue weighted by Gasteiger charge is 2.16. The summed E-state index contributed by atoms with van der Waals surface area (Å²) in [5.41, 5.74) is -0.636. The Bertz CT molecular complexity index is 790. The molecular formula is C13H9BrFNO4S. The first-order chi connectivity index (χ1) is 9.79. The van der Waals surface area contributed by atoms with Crippen LogP contribution in [0.4, 0.5) is 10.1 Å². The Balaban J connectivity index is 2.35. The fourth-order valence-corrected chi connectivity index (χ4v) is 2.89. The second-order valence-electron chi connectivity index (χ2n) is 4.06. The molecular weight excluding hydrogens is 365 g/mol. The molecule has 110 valence electrons. The van der Waals surface area contributed by atoms with Crippen LogP contribution in [-0.2, 0) is 10.0 Å². The number of hydrogen-bond donors (Lipinski definition) is 2. The van der Waals surface area contributed by atoms with E-state index >= 15 is 0 Å². The lowest BCUT2D eigenvalue weighted by molar-refractivity contribution is 0.0692. The Labute approximate surface area is 128 Å². The third-order valence-corrected chi connectivity index (χ3v) is 4.50. The molecule has 0 aromatic heterocycles. The number of anilines is 1. The maximum absolute atomic E-state index is 13.3. The average Bonchev–Trinajstić information content (AvgIpc) is 2.41. The van der Waals surface area contributed by atoms with E-state index in [1.54, 1.807) is 12.1 Å². The van der Waals surface area contributed by atoms with Gasteiger partial charge >= 0.3 is 5.97 Å². The summed E-state index contributed by atoms with van der Waals surface area (Å²) < 4.78 is 40.4. The van der Waals surface area contributed by atoms with Gasteiger partial charge in [0, 0.05) is 10.2 Å². The van der Waals surface area contributed by atoms with E-state index in [-0.39, 0.29) is 10.6 Å². The molecule has 0 heterocycles. The lowest BCUT2D eigenvalue weighted by Crippen LogP contribution is -2.13. The molecule has 0 bridgehead atoms. The van der Waals surface area contributed by atoms with E-state index in [2.05, 4.69) is 20.7 Å². The monoisotopic (exact) mass is 373 g/mol. The zero-order valence-corrected chi connectivity index (χ0v) is 12.8. The minimum Gasteiger partial charge on any atom is -0.478 e. The van der Waals surface area contributed by atoms with Gasteiger partial charge in [0.05, 0.1) is 10.5 Å². The maximum atomic E-state index is 13.3. The summed E-state index contributed by atoms with van der Waals surface area (Å²) in [5, 5.41) is 8.81. The fourth-order valence-electron chi connectivity index (χ4n) is 1.58. The van der Waals surface area contributed by atoms with Crippen LogP contribution in [0.15, 0.2) is 51.8 Å². The molecule has 21 heavy (non-hydrogen) atoms. The number of benzene rings is 2. The third kappa shape index (κ3) is 3.59. The van der Waals surface area contributed by atoms with Crippen LogP contribution in [0.1, 0.15) is 10.4 Å². The lowest BCUT2D eigenvalue weighted by Gasteiger charge is -2.09. The molecule has 0 atom stereocenters. The molecule has 0 aliphatic rings. The molecule has 2 aromatic rings. The minimum absolute atomic E-state index is 0.00639. The van der Waals surface area contributed by atoms with Crippen LogP contribution >= 0.6 is 15.9 Å². The quantitative estimate of drug-likeness (QED) is 0.862. The van der Waals surface area contributed by atoms with Crippen LogP contribution in [0.25, 0.3) is 0 Å². The van der Waals surface area contributed by atoms with Crippen molar-refractivity contribution in [1.29, 1.82) is 0 Å². The van der Waals surface area contributed by atoms with Gasteiger partial charge in [0.15, 0.2) is 0 Å². The van der Waals surface area contributed by atoms with Crippen molar-refractivity contribution in [3.63, 3.8) is 0 Å². The van der Waals surface area contributed by atoms with Crippen LogP contribution in [0.3, 0.4) is 0 Å². The van der Waals surface area contributed by atoms with Gasteiger partial charge in [-0.2, -0.15) is 0 Å². The largest absolute Gasteiger partial charge is 0.478 e. The van der Waals surface area contributed by atoms with Crippen LogP contribution in [-0.4, -0.2) is 19.5 Å². The van der Waals surface area contributed by atoms with Gasteiger partial charge in [0.2, 0.25) is 0 Å². The molecule has 0 aliphatic carbocycles. The topological polar surface area (TPSA) is 83.5 Å². The second kappa shape index (κ2) is 5.82. The second-order valence-corrected chi connectivity index (χ2v) is 6.66. The van der Waals surface area contributed by atoms with Gasteiger partial charge in [0.25, 0.3) is 10.0 Å². The number of rotatable bonds is 4. The molecule has 5 nitrogen and oxygen atoms in total. The highest BCUT2D eigenvalue weighted by atomic mass is 79.9. The highest BCUT2D eigenvalue weighted by molar-refractivity contribution is 9.10. The van der Waals surface area contributed by atoms with Gasteiger partial charge in [0.1, 0.15) is 5.82 Å². The van der Waals surface area contributed by atoms with E-state index in [0.717, 1.165) is 22.7 Å². The molecule has 0 saturated carbocycles. The summed E-state index contributed by atoms with van der Waals surface area (Å²) in [4.78, 5) is 10.8. The number of aromatic carboxylic acids is 1. The van der Waals surface area contributed by atoms with E-state index < -0.39 is 27.4 Å². The Morgan fingerprint density at radius 2 is 1.76 bits per heavy atom. The fraction of sp³-hybridized carbons (Fsp3) is 0. The SMILES string of the molecule is O=C(O)c1cc(NS(=O)(=O)c2ccc(Br)cc2)ccc1F. The van der Waals surface area contributed by atoms with Gasteiger partial charge < -0.3 is 5.11 Å². The normalized spacial score (nSPS) is 11.1. The average molecular weight is 374 g/mol. The first-order valence-corrected chi connectivity index (χ1v) is 7.88. The Kier molecular flexibility index (Phi) is 4.29. The van der Waals surface area contributed by atoms with E-state index in [1.165, 1.54) is 12.1 Å². The van der Waals surface area contributed by atoms with Crippen molar-refractivity contribution in [3.8, 4) is 0 Å². The van der Waals surface area contributed by atoms with Crippen LogP contribution < -0.4 is 4.72 Å². The predicted octanol–water partition coefficient (Wildman–Crippen LogP) is 3.09. The predicted molar refractivity (Wildman–Crippen MR) is 78.3 cm³/mol. The molecule has 0 spiro atoms. The number of sulfonamides is 1. The molecule has 8 heteroatoms. The molecule has 2 N–H and O–H groups in total. The van der Waals surface area contributed by atoms with Crippen molar-refractivity contribution in [3.05, 3.63) is 58.3 Å². The Hall–Kier alpha value is -1.93. The molecule has 2 rings (SSSR count). The maximum Gasteiger partial charge on any atom is 0.338 e. The summed E-state index contributed by atoms with van der Waals surface area (Å²) in [6, 6.07) is 8.85. The first kappa shape index (κ1) is 15.5. The molecule has 0 radical (unpaired) electrons. The van der Waals surface area contributed by atoms with Crippen molar-refractivity contribution in [2.75, 3.05) is 4.72 Å². The Morgan fingerprint density at radius 3 is 2.33 bits per heavy atom. The van der Waals surface area contributed by atoms with Gasteiger partial charge in [-0.15, -0.1) is 0 Å². The highest BCUT2D eigenvalue weighted by Crippen LogP contribution is 2.20. The van der Waals surface area contributed by atoms with E-state index in [1.807, 2.05) is 0 Å². The van der Waals surface area contributed by atoms with Gasteiger partial charge in [-0.05, 0) is 42.5 Å². The van der Waals surface area contributed by atoms with Crippen molar-refractivity contribution in [2.45, 2.75) is 4.90 Å². The van der Waals surface area contributed by atoms with Crippen molar-refractivity contribution in [2.24, 2.45) is 0 Å². The van der Waals surface area contributed by atoms with Gasteiger partial charge in [-0.1, -0.05) is 15.9 Å². The van der Waals surface area contributed by atoms with Crippen molar-refractivity contribution < 1.29 is 22.7 Å². The van der Waals surface area contributed by atoms with Crippen LogP contribution in [0, 0.1) is 5.82 Å². The van der Waals surface area contributed by atoms with Crippen molar-refractivity contribution in [1.82, 2.24) is 0 Å². The van der Waals surface area contributed by atoms with Gasteiger partial charge in [-0.3, -0.25) is 4.72 Å². The molecule has 2 aromatic carbocycles. The summed E-state index contributed by atoms with van der Waals surface area (Å²) in [6.07, 6.45) is 0. The van der Waals surface area contributed by atoms with Crippen LogP contribution in [0.5, 0.6) is 0 Å². The molecule has 0 amide bonds. The molecule has 0 unspecified atom stereocenters. The Morgan fingerprint density at radius 1 is 1.14 bits per heavy atom. The van der Waals surface area contributed by atoms with Gasteiger partial charge in [-0.25, -0.2) is 17.6 Å². The van der Waals surface area contributed by atoms with E-state index in [4.69, 9.17) is 5.11 Å². The number of nitrogens with one attached hydrogen (secondary N) is 1. The number of carboxylic acid groups (broad SMARTS) is 1. The first-order valence-electron chi connectivity index (χ1n) is 5.61. The van der Waals surface area contributed by atoms with Crippen LogP contribution in [0.2, 0.25) is 0 Å². The number of carbonyl (C=O) groups is 1. The number of hydrogen-bond acceptors (Lipinski definition) is 3. The zero-order chi connectivity index (χ0) is 15.6. The molecule has 0 saturated heterocycles. The zero-order valence-electron chi connectivity index (χ0n) is 10.4. The summed E-state index contributed by atoms with van der Waals surface area (Å²) in [7, 11) is -3.87. The van der Waals surface area contributed by atoms with E-state index in [0.29, 0.717) is 0 Å². The van der Waals surface area contributed by atoms with E-state index in [9.17, 15) is 17.6 Å². The minimum atomic E-state index is -3.87. The molecule has 0 fully saturated rings. The lowest BCUT2D eigenvalue weighted by atomic mass is 10.2. The smallest absolute Gasteiger partial charge is 0.338 e. The summed E-state index contributed by atoms with van der Waals surface area (Å²) >= 11 is 3.19. The molecule has 0 aliphatic heterocycles. The number of halogens is 2. The van der Waals surface area contributed by atoms with Crippen molar-refractivity contribution >= 4 is 37.6 Å². The summed E-state index contributed by atoms with van der Waals surface area (Å²) in [5.74, 6) is -2.41. The third-order valence-electron chi connectivity index (χ3n) is 2.57. The number of carboxylic acids is 1. The standard InChI is InChI=1S/C13H9BrFNO4S/c14-8-1-4-10(5-2-8)21(19,20)16-9-3-6-12(15)11(7-9)13(17)18/h1-7,16H,(H,17,18). The summed E-state index contributed by atoms with van der Waals surface area (Å²) in [6.45, 7) is 0.